The molecule has 1 rings (SSSR count). The quantitative estimate of drug-likeness (QED) is 0.389. The van der Waals surface area contributed by atoms with Gasteiger partial charge in [-0.05, 0) is 13.0 Å². The maximum Gasteiger partial charge on any atom is 0.235 e. The minimum absolute atomic E-state index is 0.259. The van der Waals surface area contributed by atoms with Crippen molar-refractivity contribution in [1.82, 2.24) is 0 Å². The second-order valence-electron chi connectivity index (χ2n) is 2.39. The molecule has 2 heteroatoms. The van der Waals surface area contributed by atoms with Gasteiger partial charge in [-0.15, -0.1) is 0 Å². The molecule has 0 amide bonds. The Balaban J connectivity index is 2.46. The minimum atomic E-state index is -1.89. The summed E-state index contributed by atoms with van der Waals surface area (Å²) in [5.74, 6) is 0. The Kier molecular flexibility index (Phi) is 2.22. The van der Waals surface area contributed by atoms with E-state index >= 15 is 0 Å². The molecule has 50 valence electrons. The van der Waals surface area contributed by atoms with Crippen LogP contribution in [0.4, 0.5) is 4.11 Å². The summed E-state index contributed by atoms with van der Waals surface area (Å²) in [6.07, 6.45) is 8.86. The van der Waals surface area contributed by atoms with Crippen LogP contribution in [0, 0.1) is 0 Å². The van der Waals surface area contributed by atoms with Crippen LogP contribution in [0.3, 0.4) is 0 Å². The molecule has 0 radical (unpaired) electrons. The fraction of sp³-hybridized carbons (Fsp3) is 0.429. The summed E-state index contributed by atoms with van der Waals surface area (Å²) in [6.45, 7) is 1.74. The van der Waals surface area contributed by atoms with Gasteiger partial charge in [0.15, 0.2) is 0 Å². The van der Waals surface area contributed by atoms with Gasteiger partial charge in [0.1, 0.15) is 0 Å². The van der Waals surface area contributed by atoms with E-state index in [-0.39, 0.29) is 5.54 Å². The van der Waals surface area contributed by atoms with E-state index in [1.54, 1.807) is 6.55 Å². The first kappa shape index (κ1) is 6.74. The van der Waals surface area contributed by atoms with Crippen molar-refractivity contribution >= 4 is 9.13 Å². The molecule has 0 bridgehead atoms. The molecule has 0 aliphatic heterocycles. The van der Waals surface area contributed by atoms with Gasteiger partial charge in [-0.3, -0.25) is 0 Å². The molecular weight excluding hydrogens is 131 g/mol. The van der Waals surface area contributed by atoms with Crippen LogP contribution in [0.1, 0.15) is 6.42 Å². The Hall–Kier alpha value is -0.373. The predicted molar refractivity (Wildman–Crippen MR) is 40.8 cm³/mol. The first-order valence-corrected chi connectivity index (χ1v) is 5.54. The van der Waals surface area contributed by atoms with E-state index in [4.69, 9.17) is 0 Å². The lowest BCUT2D eigenvalue weighted by Crippen LogP contribution is -2.08. The number of hydrogen-bond acceptors (Lipinski definition) is 0. The topological polar surface area (TPSA) is 0 Å². The Morgan fingerprint density at radius 2 is 2.33 bits per heavy atom. The van der Waals surface area contributed by atoms with E-state index in [1.165, 1.54) is 0 Å². The zero-order valence-electron chi connectivity index (χ0n) is 5.55. The third kappa shape index (κ3) is 1.79. The molecule has 2 unspecified atom stereocenters. The fourth-order valence-corrected chi connectivity index (χ4v) is 1.91. The smallest absolute Gasteiger partial charge is 0.235 e. The molecule has 0 fully saturated rings. The summed E-state index contributed by atoms with van der Waals surface area (Å²) in [5, 5.41) is 0. The first-order chi connectivity index (χ1) is 4.30. The van der Waals surface area contributed by atoms with Crippen LogP contribution in [-0.4, -0.2) is 9.13 Å². The average Bonchev–Trinajstić information content (AvgIpc) is 1.90. The predicted octanol–water partition coefficient (Wildman–Crippen LogP) is 2.20. The van der Waals surface area contributed by atoms with Crippen molar-refractivity contribution in [2.24, 2.45) is 0 Å². The third-order valence-corrected chi connectivity index (χ3v) is 3.28. The van der Waals surface area contributed by atoms with E-state index in [0.717, 1.165) is 6.42 Å². The average molecular weight is 142 g/mol. The monoisotopic (exact) mass is 142 g/mol. The fourth-order valence-electron chi connectivity index (χ4n) is 0.940. The normalized spacial score (nSPS) is 28.4. The lowest BCUT2D eigenvalue weighted by atomic mass is 10.2. The molecule has 0 spiro atoms. The number of allylic oxidation sites excluding steroid dienone is 4. The number of hydrogen-bond donors (Lipinski definition) is 0. The molecule has 0 aromatic carbocycles. The van der Waals surface area contributed by atoms with E-state index in [1.807, 2.05) is 24.3 Å². The lowest BCUT2D eigenvalue weighted by molar-refractivity contribution is 0.785. The van der Waals surface area contributed by atoms with Crippen LogP contribution in [-0.2, 0) is 0 Å². The highest BCUT2D eigenvalue weighted by Gasteiger charge is 2.14. The van der Waals surface area contributed by atoms with Crippen molar-refractivity contribution in [3.8, 4) is 0 Å². The molecule has 0 heterocycles. The molecular formula is C7H11FSi. The summed E-state index contributed by atoms with van der Waals surface area (Å²) in [7, 11) is -1.89. The van der Waals surface area contributed by atoms with Crippen molar-refractivity contribution < 1.29 is 4.11 Å². The van der Waals surface area contributed by atoms with Gasteiger partial charge < -0.3 is 4.11 Å². The van der Waals surface area contributed by atoms with Crippen LogP contribution in [0.25, 0.3) is 0 Å². The highest BCUT2D eigenvalue weighted by Crippen LogP contribution is 2.21. The molecule has 0 saturated heterocycles. The van der Waals surface area contributed by atoms with E-state index in [0.29, 0.717) is 0 Å². The second kappa shape index (κ2) is 2.97. The van der Waals surface area contributed by atoms with Gasteiger partial charge in [0.05, 0.1) is 0 Å². The Bertz CT molecular complexity index is 138. The lowest BCUT2D eigenvalue weighted by Gasteiger charge is -2.11. The molecule has 1 aliphatic rings. The van der Waals surface area contributed by atoms with Crippen LogP contribution < -0.4 is 0 Å². The largest absolute Gasteiger partial charge is 0.318 e. The highest BCUT2D eigenvalue weighted by atomic mass is 28.3. The van der Waals surface area contributed by atoms with Gasteiger partial charge in [-0.2, -0.15) is 0 Å². The second-order valence-corrected chi connectivity index (χ2v) is 4.60. The third-order valence-electron chi connectivity index (χ3n) is 1.60. The van der Waals surface area contributed by atoms with Gasteiger partial charge in [0.2, 0.25) is 9.13 Å². The van der Waals surface area contributed by atoms with Crippen LogP contribution in [0.2, 0.25) is 12.1 Å². The summed E-state index contributed by atoms with van der Waals surface area (Å²) >= 11 is 0. The molecule has 9 heavy (non-hydrogen) atoms. The van der Waals surface area contributed by atoms with Crippen LogP contribution >= 0.6 is 0 Å². The van der Waals surface area contributed by atoms with E-state index in [2.05, 4.69) is 0 Å². The van der Waals surface area contributed by atoms with Crippen LogP contribution in [0.15, 0.2) is 24.3 Å². The Morgan fingerprint density at radius 1 is 1.56 bits per heavy atom. The van der Waals surface area contributed by atoms with Gasteiger partial charge >= 0.3 is 0 Å². The van der Waals surface area contributed by atoms with Crippen molar-refractivity contribution in [3.63, 3.8) is 0 Å². The van der Waals surface area contributed by atoms with E-state index < -0.39 is 9.13 Å². The maximum atomic E-state index is 12.6. The van der Waals surface area contributed by atoms with Crippen molar-refractivity contribution in [2.45, 2.75) is 18.5 Å². The molecule has 0 aromatic heterocycles. The first-order valence-electron chi connectivity index (χ1n) is 3.28. The maximum absolute atomic E-state index is 12.6. The van der Waals surface area contributed by atoms with E-state index in [9.17, 15) is 4.11 Å². The SMILES string of the molecule is C[SiH](F)C1C=CC=CC1. The molecule has 0 aromatic rings. The molecule has 0 N–H and O–H groups in total. The molecule has 1 aliphatic carbocycles. The van der Waals surface area contributed by atoms with Crippen molar-refractivity contribution in [1.29, 1.82) is 0 Å². The van der Waals surface area contributed by atoms with Gasteiger partial charge in [-0.25, -0.2) is 0 Å². The zero-order valence-corrected chi connectivity index (χ0v) is 6.70. The number of halogens is 1. The molecule has 2 atom stereocenters. The molecule has 0 nitrogen and oxygen atoms in total. The minimum Gasteiger partial charge on any atom is -0.318 e. The van der Waals surface area contributed by atoms with Gasteiger partial charge in [-0.1, -0.05) is 24.3 Å². The number of rotatable bonds is 1. The van der Waals surface area contributed by atoms with Crippen molar-refractivity contribution in [2.75, 3.05) is 0 Å². The summed E-state index contributed by atoms with van der Waals surface area (Å²) in [5.41, 5.74) is 0.259. The summed E-state index contributed by atoms with van der Waals surface area (Å²) < 4.78 is 12.6. The Morgan fingerprint density at radius 3 is 2.67 bits per heavy atom. The van der Waals surface area contributed by atoms with Crippen LogP contribution in [0.5, 0.6) is 0 Å². The highest BCUT2D eigenvalue weighted by molar-refractivity contribution is 6.52. The summed E-state index contributed by atoms with van der Waals surface area (Å²) in [4.78, 5) is 0. The van der Waals surface area contributed by atoms with Gasteiger partial charge in [0, 0.05) is 5.54 Å². The standard InChI is InChI=1S/C7H11FSi/c1-9(8)7-5-3-2-4-6-7/h2-5,7,9H,6H2,1H3. The molecule has 0 saturated carbocycles. The van der Waals surface area contributed by atoms with Gasteiger partial charge in [0.25, 0.3) is 0 Å². The Labute approximate surface area is 56.9 Å². The zero-order chi connectivity index (χ0) is 6.69. The van der Waals surface area contributed by atoms with Crippen molar-refractivity contribution in [3.05, 3.63) is 24.3 Å². The summed E-state index contributed by atoms with van der Waals surface area (Å²) in [6, 6.07) is 0.